The van der Waals surface area contributed by atoms with Gasteiger partial charge in [0, 0.05) is 16.9 Å². The number of carbonyl (C=O) groups is 3. The van der Waals surface area contributed by atoms with Crippen LogP contribution >= 0.6 is 11.3 Å². The molecule has 2 amide bonds. The van der Waals surface area contributed by atoms with Gasteiger partial charge in [0.1, 0.15) is 0 Å². The number of esters is 1. The number of benzene rings is 2. The van der Waals surface area contributed by atoms with Crippen LogP contribution < -0.4 is 10.6 Å². The summed E-state index contributed by atoms with van der Waals surface area (Å²) in [6, 6.07) is 17.3. The van der Waals surface area contributed by atoms with E-state index in [0.29, 0.717) is 21.8 Å². The van der Waals surface area contributed by atoms with Crippen LogP contribution in [0.1, 0.15) is 38.4 Å². The zero-order valence-electron chi connectivity index (χ0n) is 16.0. The molecular formula is C22H20N2O4S. The Labute approximate surface area is 172 Å². The van der Waals surface area contributed by atoms with E-state index in [4.69, 9.17) is 4.74 Å². The van der Waals surface area contributed by atoms with Gasteiger partial charge >= 0.3 is 5.97 Å². The second-order valence-electron chi connectivity index (χ2n) is 6.34. The third-order valence-corrected chi connectivity index (χ3v) is 5.20. The average Bonchev–Trinajstić information content (AvgIpc) is 3.28. The molecule has 0 aliphatic rings. The number of ether oxygens (including phenoxy) is 1. The first-order valence-corrected chi connectivity index (χ1v) is 9.80. The van der Waals surface area contributed by atoms with Crippen molar-refractivity contribution in [3.05, 3.63) is 82.0 Å². The van der Waals surface area contributed by atoms with Crippen molar-refractivity contribution in [1.82, 2.24) is 0 Å². The van der Waals surface area contributed by atoms with Crippen molar-refractivity contribution in [1.29, 1.82) is 0 Å². The lowest BCUT2D eigenvalue weighted by Gasteiger charge is -2.12. The Balaban J connectivity index is 1.71. The van der Waals surface area contributed by atoms with E-state index < -0.39 is 5.92 Å². The number of methoxy groups -OCH3 is 1. The Morgan fingerprint density at radius 3 is 2.28 bits per heavy atom. The summed E-state index contributed by atoms with van der Waals surface area (Å²) >= 11 is 1.35. The van der Waals surface area contributed by atoms with E-state index in [1.54, 1.807) is 67.6 Å². The Hall–Kier alpha value is -3.45. The fraction of sp³-hybridized carbons (Fsp3) is 0.136. The van der Waals surface area contributed by atoms with E-state index in [-0.39, 0.29) is 17.8 Å². The van der Waals surface area contributed by atoms with Crippen LogP contribution in [-0.2, 0) is 9.53 Å². The monoisotopic (exact) mass is 408 g/mol. The highest BCUT2D eigenvalue weighted by atomic mass is 32.1. The molecule has 7 heteroatoms. The zero-order valence-corrected chi connectivity index (χ0v) is 16.8. The average molecular weight is 408 g/mol. The number of nitrogens with one attached hydrogen (secondary N) is 2. The normalized spacial score (nSPS) is 11.4. The fourth-order valence-electron chi connectivity index (χ4n) is 2.74. The number of anilines is 2. The van der Waals surface area contributed by atoms with Gasteiger partial charge in [0.25, 0.3) is 11.8 Å². The highest BCUT2D eigenvalue weighted by Crippen LogP contribution is 2.21. The number of rotatable bonds is 6. The topological polar surface area (TPSA) is 84.5 Å². The van der Waals surface area contributed by atoms with E-state index in [0.717, 1.165) is 5.56 Å². The van der Waals surface area contributed by atoms with Gasteiger partial charge in [-0.25, -0.2) is 0 Å². The maximum atomic E-state index is 12.6. The number of hydrogen-bond acceptors (Lipinski definition) is 5. The van der Waals surface area contributed by atoms with Gasteiger partial charge < -0.3 is 15.4 Å². The van der Waals surface area contributed by atoms with Crippen LogP contribution in [0.3, 0.4) is 0 Å². The molecule has 1 unspecified atom stereocenters. The quantitative estimate of drug-likeness (QED) is 0.587. The molecule has 1 aromatic heterocycles. The van der Waals surface area contributed by atoms with Crippen molar-refractivity contribution in [2.75, 3.05) is 17.7 Å². The Morgan fingerprint density at radius 1 is 0.897 bits per heavy atom. The van der Waals surface area contributed by atoms with E-state index >= 15 is 0 Å². The molecule has 6 nitrogen and oxygen atoms in total. The van der Waals surface area contributed by atoms with Crippen molar-refractivity contribution < 1.29 is 19.1 Å². The number of thiophene rings is 1. The maximum Gasteiger partial charge on any atom is 0.312 e. The molecule has 0 fully saturated rings. The molecule has 0 radical (unpaired) electrons. The standard InChI is InChI=1S/C22H20N2O4S/c1-14(22(27)28-2)15-6-3-8-17(12-15)23-20(25)16-7-4-9-18(13-16)24-21(26)19-10-5-11-29-19/h3-14H,1-2H3,(H,23,25)(H,24,26). The SMILES string of the molecule is COC(=O)C(C)c1cccc(NC(=O)c2cccc(NC(=O)c3cccs3)c2)c1. The lowest BCUT2D eigenvalue weighted by molar-refractivity contribution is -0.141. The van der Waals surface area contributed by atoms with Gasteiger partial charge in [-0.2, -0.15) is 0 Å². The van der Waals surface area contributed by atoms with E-state index in [9.17, 15) is 14.4 Å². The van der Waals surface area contributed by atoms with Crippen LogP contribution in [0.5, 0.6) is 0 Å². The first kappa shape index (κ1) is 20.3. The first-order chi connectivity index (χ1) is 14.0. The minimum absolute atomic E-state index is 0.220. The van der Waals surface area contributed by atoms with Crippen molar-refractivity contribution in [3.63, 3.8) is 0 Å². The van der Waals surface area contributed by atoms with Crippen LogP contribution in [0.4, 0.5) is 11.4 Å². The van der Waals surface area contributed by atoms with Crippen molar-refractivity contribution in [2.24, 2.45) is 0 Å². The molecule has 0 aliphatic carbocycles. The number of carbonyl (C=O) groups excluding carboxylic acids is 3. The zero-order chi connectivity index (χ0) is 20.8. The van der Waals surface area contributed by atoms with Gasteiger partial charge in [-0.05, 0) is 54.3 Å². The molecule has 0 bridgehead atoms. The van der Waals surface area contributed by atoms with Crippen LogP contribution in [0, 0.1) is 0 Å². The van der Waals surface area contributed by atoms with Crippen molar-refractivity contribution in [2.45, 2.75) is 12.8 Å². The molecule has 148 valence electrons. The summed E-state index contributed by atoms with van der Waals surface area (Å²) < 4.78 is 4.77. The van der Waals surface area contributed by atoms with E-state index in [2.05, 4.69) is 10.6 Å². The largest absolute Gasteiger partial charge is 0.469 e. The van der Waals surface area contributed by atoms with Gasteiger partial charge in [-0.15, -0.1) is 11.3 Å². The Morgan fingerprint density at radius 2 is 1.59 bits per heavy atom. The van der Waals surface area contributed by atoms with Gasteiger partial charge in [0.05, 0.1) is 17.9 Å². The molecule has 0 saturated heterocycles. The van der Waals surface area contributed by atoms with Gasteiger partial charge in [-0.3, -0.25) is 14.4 Å². The second-order valence-corrected chi connectivity index (χ2v) is 7.28. The fourth-order valence-corrected chi connectivity index (χ4v) is 3.36. The molecule has 0 aliphatic heterocycles. The summed E-state index contributed by atoms with van der Waals surface area (Å²) in [4.78, 5) is 37.2. The Kier molecular flexibility index (Phi) is 6.41. The van der Waals surface area contributed by atoms with E-state index in [1.165, 1.54) is 18.4 Å². The molecule has 1 atom stereocenters. The lowest BCUT2D eigenvalue weighted by Crippen LogP contribution is -2.15. The molecule has 1 heterocycles. The van der Waals surface area contributed by atoms with Crippen LogP contribution in [-0.4, -0.2) is 24.9 Å². The maximum absolute atomic E-state index is 12.6. The molecule has 3 aromatic rings. The summed E-state index contributed by atoms with van der Waals surface area (Å²) in [6.45, 7) is 1.74. The summed E-state index contributed by atoms with van der Waals surface area (Å²) in [5.41, 5.74) is 2.24. The van der Waals surface area contributed by atoms with Crippen molar-refractivity contribution >= 4 is 40.5 Å². The summed E-state index contributed by atoms with van der Waals surface area (Å²) in [5, 5.41) is 7.43. The molecule has 2 aromatic carbocycles. The smallest absolute Gasteiger partial charge is 0.312 e. The summed E-state index contributed by atoms with van der Waals surface area (Å²) in [5.74, 6) is -1.32. The van der Waals surface area contributed by atoms with Crippen LogP contribution in [0.2, 0.25) is 0 Å². The predicted octanol–water partition coefficient (Wildman–Crippen LogP) is 4.53. The van der Waals surface area contributed by atoms with Gasteiger partial charge in [-0.1, -0.05) is 24.3 Å². The highest BCUT2D eigenvalue weighted by Gasteiger charge is 2.16. The van der Waals surface area contributed by atoms with E-state index in [1.807, 2.05) is 5.38 Å². The molecule has 0 spiro atoms. The Bertz CT molecular complexity index is 1030. The number of hydrogen-bond donors (Lipinski definition) is 2. The number of amides is 2. The minimum atomic E-state index is -0.437. The third kappa shape index (κ3) is 5.08. The van der Waals surface area contributed by atoms with Crippen LogP contribution in [0.25, 0.3) is 0 Å². The molecule has 2 N–H and O–H groups in total. The summed E-state index contributed by atoms with van der Waals surface area (Å²) in [6.07, 6.45) is 0. The third-order valence-electron chi connectivity index (χ3n) is 4.33. The van der Waals surface area contributed by atoms with Gasteiger partial charge in [0.15, 0.2) is 0 Å². The molecule has 29 heavy (non-hydrogen) atoms. The van der Waals surface area contributed by atoms with Crippen molar-refractivity contribution in [3.8, 4) is 0 Å². The van der Waals surface area contributed by atoms with Crippen LogP contribution in [0.15, 0.2) is 66.0 Å². The molecule has 3 rings (SSSR count). The predicted molar refractivity (Wildman–Crippen MR) is 114 cm³/mol. The molecule has 0 saturated carbocycles. The first-order valence-electron chi connectivity index (χ1n) is 8.92. The van der Waals surface area contributed by atoms with Gasteiger partial charge in [0.2, 0.25) is 0 Å². The molecular weight excluding hydrogens is 388 g/mol. The second kappa shape index (κ2) is 9.16. The highest BCUT2D eigenvalue weighted by molar-refractivity contribution is 7.12. The minimum Gasteiger partial charge on any atom is -0.469 e. The summed E-state index contributed by atoms with van der Waals surface area (Å²) in [7, 11) is 1.34. The lowest BCUT2D eigenvalue weighted by atomic mass is 10.0.